The summed E-state index contributed by atoms with van der Waals surface area (Å²) in [5.41, 5.74) is 3.31. The van der Waals surface area contributed by atoms with Crippen molar-refractivity contribution in [2.75, 3.05) is 6.54 Å². The molecule has 212 valence electrons. The maximum atomic E-state index is 14.8. The normalized spacial score (nSPS) is 35.1. The van der Waals surface area contributed by atoms with E-state index in [0.717, 1.165) is 29.8 Å². The Bertz CT molecular complexity index is 1320. The van der Waals surface area contributed by atoms with Gasteiger partial charge in [-0.2, -0.15) is 0 Å². The first kappa shape index (κ1) is 27.3. The number of amides is 1. The lowest BCUT2D eigenvalue weighted by atomic mass is 9.43. The van der Waals surface area contributed by atoms with Crippen molar-refractivity contribution in [2.24, 2.45) is 28.6 Å². The fraction of sp³-hybridized carbons (Fsp3) is 0.556. The van der Waals surface area contributed by atoms with Gasteiger partial charge in [-0.1, -0.05) is 95.6 Å². The predicted molar refractivity (Wildman–Crippen MR) is 161 cm³/mol. The predicted octanol–water partition coefficient (Wildman–Crippen LogP) is 6.84. The number of carbonyl (C=O) groups excluding carboxylic acids is 2. The number of hydrogen-bond donors (Lipinski definition) is 2. The lowest BCUT2D eigenvalue weighted by Crippen LogP contribution is -2.67. The molecule has 2 aromatic rings. The highest BCUT2D eigenvalue weighted by atomic mass is 16.2. The van der Waals surface area contributed by atoms with Gasteiger partial charge in [0.15, 0.2) is 5.78 Å². The highest BCUT2D eigenvalue weighted by Gasteiger charge is 2.67. The molecule has 40 heavy (non-hydrogen) atoms. The van der Waals surface area contributed by atoms with Crippen molar-refractivity contribution in [2.45, 2.75) is 90.5 Å². The van der Waals surface area contributed by atoms with Gasteiger partial charge >= 0.3 is 0 Å². The number of nitrogens with one attached hydrogen (secondary N) is 2. The first-order chi connectivity index (χ1) is 19.0. The van der Waals surface area contributed by atoms with Crippen molar-refractivity contribution in [3.05, 3.63) is 83.1 Å². The van der Waals surface area contributed by atoms with Crippen LogP contribution in [0.5, 0.6) is 0 Å². The average molecular weight is 539 g/mol. The summed E-state index contributed by atoms with van der Waals surface area (Å²) in [6.45, 7) is 12.8. The van der Waals surface area contributed by atoms with Gasteiger partial charge in [0, 0.05) is 36.7 Å². The molecule has 0 radical (unpaired) electrons. The van der Waals surface area contributed by atoms with E-state index in [1.807, 2.05) is 24.3 Å². The summed E-state index contributed by atoms with van der Waals surface area (Å²) < 4.78 is 0. The van der Waals surface area contributed by atoms with Crippen LogP contribution in [0.1, 0.15) is 89.8 Å². The summed E-state index contributed by atoms with van der Waals surface area (Å²) in [5, 5.41) is 7.10. The summed E-state index contributed by atoms with van der Waals surface area (Å²) in [6.07, 6.45) is 8.26. The summed E-state index contributed by atoms with van der Waals surface area (Å²) in [7, 11) is 0. The zero-order chi connectivity index (χ0) is 28.3. The molecule has 1 aliphatic heterocycles. The van der Waals surface area contributed by atoms with E-state index in [1.165, 1.54) is 31.2 Å². The Morgan fingerprint density at radius 2 is 1.70 bits per heavy atom. The van der Waals surface area contributed by atoms with Gasteiger partial charge < -0.3 is 10.6 Å². The molecule has 2 saturated carbocycles. The van der Waals surface area contributed by atoms with Crippen LogP contribution in [0.3, 0.4) is 0 Å². The molecular weight excluding hydrogens is 492 g/mol. The van der Waals surface area contributed by atoms with Crippen molar-refractivity contribution >= 4 is 11.7 Å². The molecule has 4 nitrogen and oxygen atoms in total. The summed E-state index contributed by atoms with van der Waals surface area (Å²) in [6, 6.07) is 18.8. The second kappa shape index (κ2) is 9.60. The second-order valence-corrected chi connectivity index (χ2v) is 14.6. The van der Waals surface area contributed by atoms with E-state index in [2.05, 4.69) is 81.7 Å². The third-order valence-corrected chi connectivity index (χ3v) is 11.6. The van der Waals surface area contributed by atoms with Crippen LogP contribution in [-0.2, 0) is 27.0 Å². The van der Waals surface area contributed by atoms with Gasteiger partial charge in [-0.05, 0) is 71.0 Å². The molecule has 0 spiro atoms. The average Bonchev–Trinajstić information content (AvgIpc) is 3.34. The molecule has 1 heterocycles. The number of ketones is 1. The first-order valence-electron chi connectivity index (χ1n) is 15.4. The van der Waals surface area contributed by atoms with Crippen LogP contribution in [0.25, 0.3) is 0 Å². The van der Waals surface area contributed by atoms with Gasteiger partial charge in [0.1, 0.15) is 0 Å². The molecule has 2 aromatic carbocycles. The maximum Gasteiger partial charge on any atom is 0.232 e. The van der Waals surface area contributed by atoms with E-state index in [-0.39, 0.29) is 23.5 Å². The van der Waals surface area contributed by atoms with E-state index >= 15 is 0 Å². The Balaban J connectivity index is 1.41. The number of fused-ring (bicyclic) bond motifs is 5. The molecule has 2 N–H and O–H groups in total. The smallest absolute Gasteiger partial charge is 0.232 e. The second-order valence-electron chi connectivity index (χ2n) is 14.6. The van der Waals surface area contributed by atoms with E-state index in [9.17, 15) is 9.59 Å². The molecule has 0 aromatic heterocycles. The number of hydrogen-bond acceptors (Lipinski definition) is 3. The quantitative estimate of drug-likeness (QED) is 0.448. The third-order valence-electron chi connectivity index (χ3n) is 11.6. The van der Waals surface area contributed by atoms with E-state index < -0.39 is 10.8 Å². The van der Waals surface area contributed by atoms with Crippen LogP contribution in [0.15, 0.2) is 66.4 Å². The fourth-order valence-corrected chi connectivity index (χ4v) is 9.33. The fourth-order valence-electron chi connectivity index (χ4n) is 9.33. The van der Waals surface area contributed by atoms with Gasteiger partial charge in [-0.25, -0.2) is 0 Å². The molecule has 1 saturated heterocycles. The summed E-state index contributed by atoms with van der Waals surface area (Å²) >= 11 is 0. The highest BCUT2D eigenvalue weighted by molar-refractivity contribution is 6.02. The third kappa shape index (κ3) is 4.08. The van der Waals surface area contributed by atoms with Gasteiger partial charge in [-0.3, -0.25) is 9.59 Å². The summed E-state index contributed by atoms with van der Waals surface area (Å²) in [4.78, 5) is 28.2. The van der Waals surface area contributed by atoms with E-state index in [4.69, 9.17) is 0 Å². The van der Waals surface area contributed by atoms with Crippen LogP contribution in [0, 0.1) is 28.6 Å². The molecular formula is C36H46N2O2. The van der Waals surface area contributed by atoms with Crippen molar-refractivity contribution in [3.63, 3.8) is 0 Å². The SMILES string of the molecule is CC(C)(C)c1ccc(CNC(=O)C2(c3ccccc3)CC(=O)C=C3NCC4C5CCCC5(C)CCC4C32C)cc1. The molecule has 4 heteroatoms. The first-order valence-corrected chi connectivity index (χ1v) is 15.4. The number of piperidine rings is 1. The topological polar surface area (TPSA) is 58.2 Å². The maximum absolute atomic E-state index is 14.8. The van der Waals surface area contributed by atoms with E-state index in [0.29, 0.717) is 29.7 Å². The molecule has 3 fully saturated rings. The summed E-state index contributed by atoms with van der Waals surface area (Å²) in [5.74, 6) is 1.54. The van der Waals surface area contributed by atoms with Crippen molar-refractivity contribution < 1.29 is 9.59 Å². The minimum Gasteiger partial charge on any atom is -0.387 e. The van der Waals surface area contributed by atoms with Crippen LogP contribution in [0.4, 0.5) is 0 Å². The Morgan fingerprint density at radius 3 is 2.40 bits per heavy atom. The highest BCUT2D eigenvalue weighted by Crippen LogP contribution is 2.66. The molecule has 0 bridgehead atoms. The zero-order valence-corrected chi connectivity index (χ0v) is 25.0. The number of allylic oxidation sites excluding steroid dienone is 2. The van der Waals surface area contributed by atoms with Crippen molar-refractivity contribution in [1.29, 1.82) is 0 Å². The molecule has 3 aliphatic carbocycles. The Kier molecular flexibility index (Phi) is 6.55. The minimum atomic E-state index is -0.969. The van der Waals surface area contributed by atoms with Crippen LogP contribution >= 0.6 is 0 Å². The lowest BCUT2D eigenvalue weighted by molar-refractivity contribution is -0.144. The molecule has 4 aliphatic rings. The molecule has 6 unspecified atom stereocenters. The molecule has 6 rings (SSSR count). The van der Waals surface area contributed by atoms with Gasteiger partial charge in [-0.15, -0.1) is 0 Å². The largest absolute Gasteiger partial charge is 0.387 e. The van der Waals surface area contributed by atoms with Crippen LogP contribution in [-0.4, -0.2) is 18.2 Å². The van der Waals surface area contributed by atoms with Gasteiger partial charge in [0.2, 0.25) is 5.91 Å². The van der Waals surface area contributed by atoms with Crippen LogP contribution in [0.2, 0.25) is 0 Å². The molecule has 6 atom stereocenters. The molecule has 1 amide bonds. The lowest BCUT2D eigenvalue weighted by Gasteiger charge is -2.63. The van der Waals surface area contributed by atoms with Crippen LogP contribution < -0.4 is 10.6 Å². The number of rotatable bonds is 4. The minimum absolute atomic E-state index is 0.0257. The van der Waals surface area contributed by atoms with Crippen molar-refractivity contribution in [1.82, 2.24) is 10.6 Å². The van der Waals surface area contributed by atoms with Crippen molar-refractivity contribution in [3.8, 4) is 0 Å². The number of carbonyl (C=O) groups is 2. The van der Waals surface area contributed by atoms with E-state index in [1.54, 1.807) is 0 Å². The Hall–Kier alpha value is -2.88. The Morgan fingerprint density at radius 1 is 0.975 bits per heavy atom. The number of benzene rings is 2. The monoisotopic (exact) mass is 538 g/mol. The standard InChI is InChI=1S/C36H46N2O2/c1-33(2,3)25-15-13-24(14-16-25)22-38-32(40)36(26-10-7-6-8-11-26)21-27(39)20-31-35(36,5)30-17-19-34(4)18-9-12-29(34)28(30)23-37-31/h6-8,10-11,13-16,20,28-30,37H,9,12,17-19,21-23H2,1-5H3,(H,38,40). The van der Waals surface area contributed by atoms with Gasteiger partial charge in [0.05, 0.1) is 5.41 Å². The zero-order valence-electron chi connectivity index (χ0n) is 25.0. The Labute approximate surface area is 240 Å². The van der Waals surface area contributed by atoms with Gasteiger partial charge in [0.25, 0.3) is 0 Å².